The molecular formula is C29H33N3O4. The van der Waals surface area contributed by atoms with Gasteiger partial charge in [0.25, 0.3) is 5.91 Å². The van der Waals surface area contributed by atoms with Crippen molar-refractivity contribution in [3.63, 3.8) is 0 Å². The van der Waals surface area contributed by atoms with Crippen LogP contribution in [0.25, 0.3) is 0 Å². The average Bonchev–Trinajstić information content (AvgIpc) is 2.92. The monoisotopic (exact) mass is 487 g/mol. The van der Waals surface area contributed by atoms with Gasteiger partial charge in [-0.1, -0.05) is 55.7 Å². The van der Waals surface area contributed by atoms with E-state index in [1.807, 2.05) is 54.6 Å². The maximum atomic E-state index is 12.6. The van der Waals surface area contributed by atoms with Gasteiger partial charge in [-0.05, 0) is 55.3 Å². The van der Waals surface area contributed by atoms with E-state index in [2.05, 4.69) is 16.0 Å². The minimum atomic E-state index is -0.220. The Balaban J connectivity index is 1.24. The number of carbonyl (C=O) groups is 2. The van der Waals surface area contributed by atoms with E-state index in [4.69, 9.17) is 9.47 Å². The third kappa shape index (κ3) is 7.77. The van der Waals surface area contributed by atoms with Crippen LogP contribution in [0.2, 0.25) is 0 Å². The number of hydrogen-bond donors (Lipinski definition) is 3. The van der Waals surface area contributed by atoms with Crippen molar-refractivity contribution in [2.75, 3.05) is 30.4 Å². The topological polar surface area (TPSA) is 88.7 Å². The first-order chi connectivity index (χ1) is 17.7. The standard InChI is InChI=1S/C29H33N3O4/c33-28(31-24-13-9-10-22(20-24)29(34)32-23-11-3-1-4-12-23)21-30-26-16-7-8-17-27(26)36-19-18-35-25-14-5-2-6-15-25/h2,5-10,13-17,20,23,30H,1,3-4,11-12,18-19,21H2,(H,31,33)(H,32,34). The summed E-state index contributed by atoms with van der Waals surface area (Å²) in [7, 11) is 0. The molecular weight excluding hydrogens is 454 g/mol. The van der Waals surface area contributed by atoms with Crippen LogP contribution in [-0.4, -0.2) is 37.6 Å². The average molecular weight is 488 g/mol. The van der Waals surface area contributed by atoms with Crippen LogP contribution in [0.4, 0.5) is 11.4 Å². The van der Waals surface area contributed by atoms with E-state index in [0.717, 1.165) is 31.4 Å². The molecule has 1 aliphatic rings. The van der Waals surface area contributed by atoms with Gasteiger partial charge < -0.3 is 25.4 Å². The van der Waals surface area contributed by atoms with Gasteiger partial charge in [-0.2, -0.15) is 0 Å². The van der Waals surface area contributed by atoms with Crippen molar-refractivity contribution in [3.05, 3.63) is 84.4 Å². The fourth-order valence-corrected chi connectivity index (χ4v) is 4.20. The molecule has 2 amide bonds. The number of rotatable bonds is 11. The molecule has 0 radical (unpaired) electrons. The normalized spacial score (nSPS) is 13.4. The number of carbonyl (C=O) groups excluding carboxylic acids is 2. The molecule has 0 atom stereocenters. The maximum absolute atomic E-state index is 12.6. The minimum absolute atomic E-state index is 0.0549. The molecule has 3 aromatic rings. The van der Waals surface area contributed by atoms with Crippen LogP contribution >= 0.6 is 0 Å². The molecule has 1 saturated carbocycles. The Labute approximate surface area is 212 Å². The first kappa shape index (κ1) is 25.1. The predicted octanol–water partition coefficient (Wildman–Crippen LogP) is 5.26. The van der Waals surface area contributed by atoms with Crippen molar-refractivity contribution in [2.45, 2.75) is 38.1 Å². The number of hydrogen-bond acceptors (Lipinski definition) is 5. The van der Waals surface area contributed by atoms with Crippen molar-refractivity contribution < 1.29 is 19.1 Å². The van der Waals surface area contributed by atoms with Gasteiger partial charge in [-0.3, -0.25) is 9.59 Å². The highest BCUT2D eigenvalue weighted by atomic mass is 16.5. The van der Waals surface area contributed by atoms with Gasteiger partial charge in [0.1, 0.15) is 24.7 Å². The van der Waals surface area contributed by atoms with Crippen LogP contribution in [0.15, 0.2) is 78.9 Å². The number of anilines is 2. The van der Waals surface area contributed by atoms with Gasteiger partial charge in [0.2, 0.25) is 5.91 Å². The van der Waals surface area contributed by atoms with Crippen LogP contribution < -0.4 is 25.4 Å². The lowest BCUT2D eigenvalue weighted by Gasteiger charge is -2.22. The molecule has 1 aliphatic carbocycles. The summed E-state index contributed by atoms with van der Waals surface area (Å²) in [6.07, 6.45) is 5.60. The smallest absolute Gasteiger partial charge is 0.251 e. The first-order valence-corrected chi connectivity index (χ1v) is 12.5. The van der Waals surface area contributed by atoms with Crippen molar-refractivity contribution in [1.29, 1.82) is 0 Å². The Morgan fingerprint density at radius 3 is 2.39 bits per heavy atom. The Hall–Kier alpha value is -4.00. The lowest BCUT2D eigenvalue weighted by Crippen LogP contribution is -2.36. The fourth-order valence-electron chi connectivity index (χ4n) is 4.20. The highest BCUT2D eigenvalue weighted by Crippen LogP contribution is 2.24. The first-order valence-electron chi connectivity index (χ1n) is 12.5. The third-order valence-corrected chi connectivity index (χ3v) is 6.03. The lowest BCUT2D eigenvalue weighted by molar-refractivity contribution is -0.114. The minimum Gasteiger partial charge on any atom is -0.490 e. The molecule has 0 aromatic heterocycles. The van der Waals surface area contributed by atoms with E-state index in [1.165, 1.54) is 6.42 Å². The fraction of sp³-hybridized carbons (Fsp3) is 0.310. The second-order valence-corrected chi connectivity index (χ2v) is 8.80. The van der Waals surface area contributed by atoms with Crippen LogP contribution in [0.1, 0.15) is 42.5 Å². The molecule has 0 heterocycles. The van der Waals surface area contributed by atoms with E-state index in [-0.39, 0.29) is 24.4 Å². The zero-order valence-electron chi connectivity index (χ0n) is 20.4. The van der Waals surface area contributed by atoms with Crippen LogP contribution in [0.5, 0.6) is 11.5 Å². The SMILES string of the molecule is O=C(CNc1ccccc1OCCOc1ccccc1)Nc1cccc(C(=O)NC2CCCCC2)c1. The summed E-state index contributed by atoms with van der Waals surface area (Å²) in [6.45, 7) is 0.832. The number of nitrogens with one attached hydrogen (secondary N) is 3. The molecule has 7 heteroatoms. The second-order valence-electron chi connectivity index (χ2n) is 8.80. The summed E-state index contributed by atoms with van der Waals surface area (Å²) in [5, 5.41) is 9.10. The van der Waals surface area contributed by atoms with Crippen molar-refractivity contribution in [2.24, 2.45) is 0 Å². The molecule has 3 aromatic carbocycles. The van der Waals surface area contributed by atoms with Crippen LogP contribution in [0, 0.1) is 0 Å². The Kier molecular flexibility index (Phi) is 9.19. The Morgan fingerprint density at radius 2 is 1.56 bits per heavy atom. The second kappa shape index (κ2) is 13.2. The van der Waals surface area contributed by atoms with Gasteiger partial charge in [0.05, 0.1) is 12.2 Å². The Bertz CT molecular complexity index is 1130. The number of para-hydroxylation sites is 3. The molecule has 36 heavy (non-hydrogen) atoms. The largest absolute Gasteiger partial charge is 0.490 e. The molecule has 0 saturated heterocycles. The van der Waals surface area contributed by atoms with Crippen LogP contribution in [0.3, 0.4) is 0 Å². The highest BCUT2D eigenvalue weighted by molar-refractivity contribution is 5.98. The van der Waals surface area contributed by atoms with E-state index in [1.54, 1.807) is 24.3 Å². The van der Waals surface area contributed by atoms with Gasteiger partial charge in [0, 0.05) is 17.3 Å². The molecule has 1 fully saturated rings. The lowest BCUT2D eigenvalue weighted by atomic mass is 9.95. The summed E-state index contributed by atoms with van der Waals surface area (Å²) in [4.78, 5) is 25.2. The molecule has 3 N–H and O–H groups in total. The number of benzene rings is 3. The molecule has 7 nitrogen and oxygen atoms in total. The molecule has 0 spiro atoms. The number of ether oxygens (including phenoxy) is 2. The molecule has 0 bridgehead atoms. The van der Waals surface area contributed by atoms with Crippen molar-refractivity contribution >= 4 is 23.2 Å². The van der Waals surface area contributed by atoms with Crippen LogP contribution in [-0.2, 0) is 4.79 Å². The van der Waals surface area contributed by atoms with Crippen molar-refractivity contribution in [3.8, 4) is 11.5 Å². The summed E-state index contributed by atoms with van der Waals surface area (Å²) in [5.74, 6) is 1.11. The van der Waals surface area contributed by atoms with Gasteiger partial charge in [-0.15, -0.1) is 0 Å². The summed E-state index contributed by atoms with van der Waals surface area (Å²) in [5.41, 5.74) is 1.84. The van der Waals surface area contributed by atoms with E-state index < -0.39 is 0 Å². The Morgan fingerprint density at radius 1 is 0.806 bits per heavy atom. The zero-order chi connectivity index (χ0) is 25.0. The highest BCUT2D eigenvalue weighted by Gasteiger charge is 2.17. The summed E-state index contributed by atoms with van der Waals surface area (Å²) >= 11 is 0. The van der Waals surface area contributed by atoms with Gasteiger partial charge in [0.15, 0.2) is 0 Å². The molecule has 0 unspecified atom stereocenters. The molecule has 0 aliphatic heterocycles. The van der Waals surface area contributed by atoms with E-state index in [0.29, 0.717) is 35.9 Å². The third-order valence-electron chi connectivity index (χ3n) is 6.03. The predicted molar refractivity (Wildman–Crippen MR) is 142 cm³/mol. The maximum Gasteiger partial charge on any atom is 0.251 e. The zero-order valence-corrected chi connectivity index (χ0v) is 20.4. The summed E-state index contributed by atoms with van der Waals surface area (Å²) < 4.78 is 11.5. The summed E-state index contributed by atoms with van der Waals surface area (Å²) in [6, 6.07) is 24.3. The van der Waals surface area contributed by atoms with Crippen molar-refractivity contribution in [1.82, 2.24) is 5.32 Å². The van der Waals surface area contributed by atoms with Gasteiger partial charge >= 0.3 is 0 Å². The number of amides is 2. The molecule has 4 rings (SSSR count). The van der Waals surface area contributed by atoms with Gasteiger partial charge in [-0.25, -0.2) is 0 Å². The quantitative estimate of drug-likeness (QED) is 0.321. The van der Waals surface area contributed by atoms with E-state index in [9.17, 15) is 9.59 Å². The molecule has 188 valence electrons. The van der Waals surface area contributed by atoms with E-state index >= 15 is 0 Å².